The highest BCUT2D eigenvalue weighted by Gasteiger charge is 2.16. The Kier molecular flexibility index (Phi) is 8.17. The molecule has 9 heteroatoms. The van der Waals surface area contributed by atoms with Crippen LogP contribution in [0.2, 0.25) is 10.0 Å². The summed E-state index contributed by atoms with van der Waals surface area (Å²) in [6.07, 6.45) is 1.62. The number of esters is 1. The number of aromatic nitrogens is 1. The lowest BCUT2D eigenvalue weighted by Gasteiger charge is -2.19. The maximum absolute atomic E-state index is 12.7. The molecular weight excluding hydrogens is 529 g/mol. The van der Waals surface area contributed by atoms with Gasteiger partial charge in [0.2, 0.25) is 5.13 Å². The first-order chi connectivity index (χ1) is 17.6. The topological polar surface area (TPSA) is 72.8 Å². The van der Waals surface area contributed by atoms with Crippen LogP contribution >= 0.6 is 34.5 Å². The van der Waals surface area contributed by atoms with Crippen molar-refractivity contribution in [3.63, 3.8) is 0 Å². The molecule has 0 aliphatic carbocycles. The van der Waals surface area contributed by atoms with Crippen molar-refractivity contribution in [2.75, 3.05) is 12.5 Å². The summed E-state index contributed by atoms with van der Waals surface area (Å²) >= 11 is 13.6. The summed E-state index contributed by atoms with van der Waals surface area (Å²) < 4.78 is 11.0. The molecule has 1 heterocycles. The Morgan fingerprint density at radius 2 is 1.78 bits per heavy atom. The zero-order chi connectivity index (χ0) is 26.6. The number of nitrogens with one attached hydrogen (secondary N) is 1. The van der Waals surface area contributed by atoms with E-state index in [4.69, 9.17) is 32.7 Å². The van der Waals surface area contributed by atoms with Gasteiger partial charge < -0.3 is 9.47 Å². The molecule has 0 fully saturated rings. The first kappa shape index (κ1) is 26.7. The van der Waals surface area contributed by atoms with Gasteiger partial charge in [-0.2, -0.15) is 5.10 Å². The van der Waals surface area contributed by atoms with Crippen LogP contribution in [-0.4, -0.2) is 24.3 Å². The van der Waals surface area contributed by atoms with Gasteiger partial charge in [-0.05, 0) is 65.1 Å². The minimum Gasteiger partial charge on any atom is -0.493 e. The van der Waals surface area contributed by atoms with E-state index in [2.05, 4.69) is 36.3 Å². The molecule has 0 amide bonds. The van der Waals surface area contributed by atoms with Gasteiger partial charge in [0.25, 0.3) is 0 Å². The van der Waals surface area contributed by atoms with Gasteiger partial charge in [0.05, 0.1) is 29.6 Å². The first-order valence-corrected chi connectivity index (χ1v) is 13.0. The van der Waals surface area contributed by atoms with E-state index in [0.717, 1.165) is 22.4 Å². The summed E-state index contributed by atoms with van der Waals surface area (Å²) in [6.45, 7) is 6.37. The number of rotatable bonds is 7. The monoisotopic (exact) mass is 553 g/mol. The van der Waals surface area contributed by atoms with E-state index in [9.17, 15) is 4.79 Å². The molecule has 1 N–H and O–H groups in total. The third-order valence-corrected chi connectivity index (χ3v) is 6.76. The molecule has 3 aromatic carbocycles. The van der Waals surface area contributed by atoms with Crippen molar-refractivity contribution >= 4 is 51.9 Å². The predicted molar refractivity (Wildman–Crippen MR) is 152 cm³/mol. The summed E-state index contributed by atoms with van der Waals surface area (Å²) in [4.78, 5) is 17.2. The van der Waals surface area contributed by atoms with E-state index in [1.165, 1.54) is 18.4 Å². The molecule has 6 nitrogen and oxygen atoms in total. The second-order valence-electron chi connectivity index (χ2n) is 9.16. The number of thiazole rings is 1. The summed E-state index contributed by atoms with van der Waals surface area (Å²) in [5.74, 6) is 0.279. The molecule has 0 radical (unpaired) electrons. The van der Waals surface area contributed by atoms with E-state index in [1.54, 1.807) is 48.7 Å². The third-order valence-electron chi connectivity index (χ3n) is 5.46. The molecule has 1 aromatic heterocycles. The van der Waals surface area contributed by atoms with Gasteiger partial charge in [-0.25, -0.2) is 9.78 Å². The number of methoxy groups -OCH3 is 1. The number of hydrogen-bond acceptors (Lipinski definition) is 7. The van der Waals surface area contributed by atoms with E-state index < -0.39 is 5.97 Å². The van der Waals surface area contributed by atoms with Crippen molar-refractivity contribution < 1.29 is 14.3 Å². The Morgan fingerprint density at radius 3 is 2.46 bits per heavy atom. The van der Waals surface area contributed by atoms with Crippen molar-refractivity contribution in [1.29, 1.82) is 0 Å². The number of halogens is 2. The highest BCUT2D eigenvalue weighted by molar-refractivity contribution is 7.14. The smallest absolute Gasteiger partial charge is 0.343 e. The first-order valence-electron chi connectivity index (χ1n) is 11.3. The number of hydrazone groups is 1. The number of ether oxygens (including phenoxy) is 2. The molecule has 0 saturated heterocycles. The minimum absolute atomic E-state index is 0.00413. The van der Waals surface area contributed by atoms with Crippen LogP contribution in [-0.2, 0) is 5.41 Å². The van der Waals surface area contributed by atoms with Gasteiger partial charge in [-0.1, -0.05) is 56.1 Å². The molecule has 0 spiro atoms. The van der Waals surface area contributed by atoms with Crippen LogP contribution in [0.1, 0.15) is 42.3 Å². The maximum Gasteiger partial charge on any atom is 0.343 e. The lowest BCUT2D eigenvalue weighted by atomic mass is 9.87. The Hall–Kier alpha value is -3.39. The van der Waals surface area contributed by atoms with E-state index >= 15 is 0 Å². The molecule has 0 atom stereocenters. The quantitative estimate of drug-likeness (QED) is 0.108. The molecule has 0 saturated carbocycles. The van der Waals surface area contributed by atoms with Crippen molar-refractivity contribution in [2.24, 2.45) is 5.10 Å². The lowest BCUT2D eigenvalue weighted by molar-refractivity contribution is 0.0729. The average Bonchev–Trinajstić information content (AvgIpc) is 3.33. The van der Waals surface area contributed by atoms with Gasteiger partial charge in [-0.15, -0.1) is 11.3 Å². The normalized spacial score (nSPS) is 11.5. The fourth-order valence-corrected chi connectivity index (χ4v) is 4.59. The van der Waals surface area contributed by atoms with E-state index in [-0.39, 0.29) is 5.41 Å². The van der Waals surface area contributed by atoms with Gasteiger partial charge in [0.15, 0.2) is 11.5 Å². The molecule has 4 rings (SSSR count). The Bertz CT molecular complexity index is 1440. The average molecular weight is 554 g/mol. The summed E-state index contributed by atoms with van der Waals surface area (Å²) in [5.41, 5.74) is 6.79. The number of anilines is 1. The summed E-state index contributed by atoms with van der Waals surface area (Å²) in [5, 5.41) is 7.84. The van der Waals surface area contributed by atoms with Crippen LogP contribution < -0.4 is 14.9 Å². The fourth-order valence-electron chi connectivity index (χ4n) is 3.42. The van der Waals surface area contributed by atoms with Crippen LogP contribution in [0, 0.1) is 0 Å². The van der Waals surface area contributed by atoms with Crippen molar-refractivity contribution in [1.82, 2.24) is 4.98 Å². The number of hydrogen-bond donors (Lipinski definition) is 1. The van der Waals surface area contributed by atoms with Crippen LogP contribution in [0.5, 0.6) is 11.5 Å². The lowest BCUT2D eigenvalue weighted by Crippen LogP contribution is -2.13. The number of carbonyl (C=O) groups is 1. The highest BCUT2D eigenvalue weighted by atomic mass is 35.5. The van der Waals surface area contributed by atoms with Gasteiger partial charge >= 0.3 is 5.97 Å². The van der Waals surface area contributed by atoms with Crippen molar-refractivity contribution in [3.05, 3.63) is 92.8 Å². The maximum atomic E-state index is 12.7. The van der Waals surface area contributed by atoms with Crippen molar-refractivity contribution in [3.8, 4) is 22.8 Å². The molecule has 190 valence electrons. The molecule has 0 aliphatic rings. The largest absolute Gasteiger partial charge is 0.493 e. The van der Waals surface area contributed by atoms with Gasteiger partial charge in [0, 0.05) is 16.0 Å². The summed E-state index contributed by atoms with van der Waals surface area (Å²) in [6, 6.07) is 17.9. The second kappa shape index (κ2) is 11.3. The second-order valence-corrected chi connectivity index (χ2v) is 10.9. The Balaban J connectivity index is 1.41. The third kappa shape index (κ3) is 6.68. The summed E-state index contributed by atoms with van der Waals surface area (Å²) in [7, 11) is 1.52. The van der Waals surface area contributed by atoms with Crippen LogP contribution in [0.4, 0.5) is 5.13 Å². The Morgan fingerprint density at radius 1 is 1.03 bits per heavy atom. The van der Waals surface area contributed by atoms with Crippen LogP contribution in [0.15, 0.2) is 71.1 Å². The molecule has 37 heavy (non-hydrogen) atoms. The molecule has 0 unspecified atom stereocenters. The van der Waals surface area contributed by atoms with Crippen molar-refractivity contribution in [2.45, 2.75) is 26.2 Å². The number of nitrogens with zero attached hydrogens (tertiary/aromatic N) is 2. The van der Waals surface area contributed by atoms with E-state index in [0.29, 0.717) is 32.2 Å². The van der Waals surface area contributed by atoms with Crippen LogP contribution in [0.25, 0.3) is 11.3 Å². The molecule has 0 aliphatic heterocycles. The molecule has 0 bridgehead atoms. The number of benzene rings is 3. The van der Waals surface area contributed by atoms with Gasteiger partial charge in [-0.3, -0.25) is 5.43 Å². The highest BCUT2D eigenvalue weighted by Crippen LogP contribution is 2.33. The Labute approximate surface area is 229 Å². The standard InChI is InChI=1S/C28H25Cl2N3O3S/c1-28(2,3)19-8-6-18(7-9-19)26(34)36-24-12-5-17(13-25(24)35-4)15-31-33-27-32-23(16-37-27)21-11-10-20(29)14-22(21)30/h5-16H,1-4H3,(H,32,33)/b31-15+. The SMILES string of the molecule is COc1cc(/C=N/Nc2nc(-c3ccc(Cl)cc3Cl)cs2)ccc1OC(=O)c1ccc(C(C)(C)C)cc1. The predicted octanol–water partition coefficient (Wildman–Crippen LogP) is 8.09. The minimum atomic E-state index is -0.456. The van der Waals surface area contributed by atoms with Gasteiger partial charge in [0.1, 0.15) is 0 Å². The zero-order valence-electron chi connectivity index (χ0n) is 20.7. The molecule has 4 aromatic rings. The van der Waals surface area contributed by atoms with Crippen LogP contribution in [0.3, 0.4) is 0 Å². The van der Waals surface area contributed by atoms with E-state index in [1.807, 2.05) is 23.6 Å². The number of carbonyl (C=O) groups excluding carboxylic acids is 1. The molecular formula is C28H25Cl2N3O3S. The fraction of sp³-hybridized carbons (Fsp3) is 0.179. The zero-order valence-corrected chi connectivity index (χ0v) is 23.0.